The number of ether oxygens (including phenoxy) is 2. The Morgan fingerprint density at radius 2 is 1.88 bits per heavy atom. The maximum atomic E-state index is 5.65. The highest BCUT2D eigenvalue weighted by molar-refractivity contribution is 5.63. The second-order valence-corrected chi connectivity index (χ2v) is 4.50. The molecule has 1 atom stereocenters. The van der Waals surface area contributed by atoms with Crippen molar-refractivity contribution in [3.05, 3.63) is 42.0 Å². The number of benzene rings is 1. The van der Waals surface area contributed by atoms with Gasteiger partial charge in [0.1, 0.15) is 6.79 Å². The van der Waals surface area contributed by atoms with Gasteiger partial charge in [0.15, 0.2) is 0 Å². The summed E-state index contributed by atoms with van der Waals surface area (Å²) >= 11 is 0. The van der Waals surface area contributed by atoms with Crippen molar-refractivity contribution >= 4 is 5.57 Å². The van der Waals surface area contributed by atoms with E-state index in [1.54, 1.807) is 7.11 Å². The molecule has 0 fully saturated rings. The van der Waals surface area contributed by atoms with Crippen LogP contribution in [0.4, 0.5) is 0 Å². The summed E-state index contributed by atoms with van der Waals surface area (Å²) in [5.41, 5.74) is 2.47. The van der Waals surface area contributed by atoms with Crippen LogP contribution in [0.5, 0.6) is 0 Å². The van der Waals surface area contributed by atoms with Gasteiger partial charge in [-0.2, -0.15) is 0 Å². The number of hydrogen-bond acceptors (Lipinski definition) is 2. The zero-order valence-electron chi connectivity index (χ0n) is 11.1. The molecule has 94 valence electrons. The van der Waals surface area contributed by atoms with E-state index in [0.29, 0.717) is 12.7 Å². The first-order valence-electron chi connectivity index (χ1n) is 5.99. The Balaban J connectivity index is 2.76. The largest absolute Gasteiger partial charge is 0.359 e. The molecule has 0 amide bonds. The fraction of sp³-hybridized carbons (Fsp3) is 0.467. The van der Waals surface area contributed by atoms with E-state index in [2.05, 4.69) is 39.0 Å². The van der Waals surface area contributed by atoms with Gasteiger partial charge in [0.05, 0.1) is 6.10 Å². The summed E-state index contributed by atoms with van der Waals surface area (Å²) < 4.78 is 10.6. The number of allylic oxidation sites excluding steroid dienone is 1. The highest BCUT2D eigenvalue weighted by Crippen LogP contribution is 2.18. The third-order valence-corrected chi connectivity index (χ3v) is 2.68. The van der Waals surface area contributed by atoms with Crippen molar-refractivity contribution in [2.24, 2.45) is 5.92 Å². The summed E-state index contributed by atoms with van der Waals surface area (Å²) in [5.74, 6) is 0.434. The Kier molecular flexibility index (Phi) is 5.95. The highest BCUT2D eigenvalue weighted by atomic mass is 16.7. The van der Waals surface area contributed by atoms with Gasteiger partial charge >= 0.3 is 0 Å². The number of hydrogen-bond donors (Lipinski definition) is 0. The molecule has 0 saturated carbocycles. The smallest absolute Gasteiger partial charge is 0.147 e. The summed E-state index contributed by atoms with van der Waals surface area (Å²) in [5, 5.41) is 0. The van der Waals surface area contributed by atoms with E-state index in [9.17, 15) is 0 Å². The van der Waals surface area contributed by atoms with Gasteiger partial charge in [-0.1, -0.05) is 50.3 Å². The molecule has 2 heteroatoms. The second-order valence-electron chi connectivity index (χ2n) is 4.50. The van der Waals surface area contributed by atoms with Crippen LogP contribution in [-0.4, -0.2) is 20.0 Å². The Labute approximate surface area is 104 Å². The summed E-state index contributed by atoms with van der Waals surface area (Å²) in [7, 11) is 1.64. The topological polar surface area (TPSA) is 18.5 Å². The molecule has 0 aromatic heterocycles. The van der Waals surface area contributed by atoms with E-state index < -0.39 is 0 Å². The zero-order chi connectivity index (χ0) is 12.7. The molecule has 0 radical (unpaired) electrons. The third kappa shape index (κ3) is 4.72. The molecule has 17 heavy (non-hydrogen) atoms. The Hall–Kier alpha value is -1.12. The van der Waals surface area contributed by atoms with Crippen LogP contribution in [0.15, 0.2) is 36.4 Å². The van der Waals surface area contributed by atoms with Crippen molar-refractivity contribution in [2.45, 2.75) is 26.9 Å². The molecule has 0 N–H and O–H groups in total. The van der Waals surface area contributed by atoms with Crippen LogP contribution in [0, 0.1) is 5.92 Å². The molecular weight excluding hydrogens is 212 g/mol. The normalized spacial score (nSPS) is 14.1. The number of rotatable bonds is 6. The number of methoxy groups -OCH3 is 1. The van der Waals surface area contributed by atoms with Gasteiger partial charge in [-0.15, -0.1) is 0 Å². The average Bonchev–Trinajstić information content (AvgIpc) is 2.35. The SMILES string of the molecule is COCOC(/C=C(\C)c1ccccc1)C(C)C. The van der Waals surface area contributed by atoms with Crippen molar-refractivity contribution in [1.82, 2.24) is 0 Å². The van der Waals surface area contributed by atoms with Crippen molar-refractivity contribution in [1.29, 1.82) is 0 Å². The monoisotopic (exact) mass is 234 g/mol. The molecule has 0 spiro atoms. The van der Waals surface area contributed by atoms with Gasteiger partial charge in [0, 0.05) is 7.11 Å². The van der Waals surface area contributed by atoms with Gasteiger partial charge in [-0.25, -0.2) is 0 Å². The Morgan fingerprint density at radius 1 is 1.24 bits per heavy atom. The summed E-state index contributed by atoms with van der Waals surface area (Å²) in [6.45, 7) is 6.74. The zero-order valence-corrected chi connectivity index (χ0v) is 11.1. The lowest BCUT2D eigenvalue weighted by Crippen LogP contribution is -2.18. The minimum atomic E-state index is 0.0927. The molecule has 0 bridgehead atoms. The first-order chi connectivity index (χ1) is 8.15. The molecule has 0 aliphatic heterocycles. The lowest BCUT2D eigenvalue weighted by molar-refractivity contribution is -0.0683. The first kappa shape index (κ1) is 13.9. The molecule has 1 aromatic carbocycles. The fourth-order valence-corrected chi connectivity index (χ4v) is 1.62. The molecule has 0 saturated heterocycles. The molecule has 1 unspecified atom stereocenters. The van der Waals surface area contributed by atoms with Crippen LogP contribution >= 0.6 is 0 Å². The minimum absolute atomic E-state index is 0.0927. The van der Waals surface area contributed by atoms with Crippen LogP contribution in [0.1, 0.15) is 26.3 Å². The second kappa shape index (κ2) is 7.25. The van der Waals surface area contributed by atoms with E-state index in [0.717, 1.165) is 0 Å². The maximum Gasteiger partial charge on any atom is 0.147 e. The standard InChI is InChI=1S/C15H22O2/c1-12(2)15(17-11-16-4)10-13(3)14-8-6-5-7-9-14/h5-10,12,15H,11H2,1-4H3/b13-10+. The predicted molar refractivity (Wildman–Crippen MR) is 71.7 cm³/mol. The Morgan fingerprint density at radius 3 is 2.41 bits per heavy atom. The lowest BCUT2D eigenvalue weighted by atomic mass is 10.0. The van der Waals surface area contributed by atoms with Gasteiger partial charge in [0.25, 0.3) is 0 Å². The van der Waals surface area contributed by atoms with Gasteiger partial charge in [-0.3, -0.25) is 0 Å². The van der Waals surface area contributed by atoms with E-state index in [4.69, 9.17) is 9.47 Å². The molecule has 2 nitrogen and oxygen atoms in total. The third-order valence-electron chi connectivity index (χ3n) is 2.68. The van der Waals surface area contributed by atoms with Crippen molar-refractivity contribution < 1.29 is 9.47 Å². The van der Waals surface area contributed by atoms with E-state index in [1.807, 2.05) is 18.2 Å². The van der Waals surface area contributed by atoms with Crippen molar-refractivity contribution in [3.63, 3.8) is 0 Å². The van der Waals surface area contributed by atoms with Crippen LogP contribution in [-0.2, 0) is 9.47 Å². The van der Waals surface area contributed by atoms with E-state index in [-0.39, 0.29) is 6.10 Å². The summed E-state index contributed by atoms with van der Waals surface area (Å²) in [4.78, 5) is 0. The van der Waals surface area contributed by atoms with Crippen LogP contribution in [0.3, 0.4) is 0 Å². The summed E-state index contributed by atoms with van der Waals surface area (Å²) in [6.07, 6.45) is 2.26. The molecule has 0 aliphatic rings. The molecule has 1 aromatic rings. The maximum absolute atomic E-state index is 5.65. The van der Waals surface area contributed by atoms with Crippen molar-refractivity contribution in [2.75, 3.05) is 13.9 Å². The molecule has 0 aliphatic carbocycles. The Bertz CT molecular complexity index is 341. The predicted octanol–water partition coefficient (Wildman–Crippen LogP) is 3.74. The first-order valence-corrected chi connectivity index (χ1v) is 5.99. The summed E-state index contributed by atoms with van der Waals surface area (Å²) in [6, 6.07) is 10.3. The van der Waals surface area contributed by atoms with Crippen LogP contribution in [0.25, 0.3) is 5.57 Å². The molecule has 1 rings (SSSR count). The van der Waals surface area contributed by atoms with E-state index in [1.165, 1.54) is 11.1 Å². The fourth-order valence-electron chi connectivity index (χ4n) is 1.62. The highest BCUT2D eigenvalue weighted by Gasteiger charge is 2.11. The molecule has 0 heterocycles. The lowest BCUT2D eigenvalue weighted by Gasteiger charge is -2.18. The van der Waals surface area contributed by atoms with Gasteiger partial charge < -0.3 is 9.47 Å². The van der Waals surface area contributed by atoms with Crippen molar-refractivity contribution in [3.8, 4) is 0 Å². The average molecular weight is 234 g/mol. The minimum Gasteiger partial charge on any atom is -0.359 e. The molecular formula is C15H22O2. The quantitative estimate of drug-likeness (QED) is 0.698. The van der Waals surface area contributed by atoms with E-state index >= 15 is 0 Å². The van der Waals surface area contributed by atoms with Gasteiger partial charge in [0.2, 0.25) is 0 Å². The van der Waals surface area contributed by atoms with Crippen LogP contribution in [0.2, 0.25) is 0 Å². The van der Waals surface area contributed by atoms with Gasteiger partial charge in [-0.05, 0) is 24.0 Å². The van der Waals surface area contributed by atoms with Crippen LogP contribution < -0.4 is 0 Å².